The van der Waals surface area contributed by atoms with Crippen molar-refractivity contribution in [2.45, 2.75) is 38.4 Å². The molecule has 0 aromatic heterocycles. The standard InChI is InChI=1S/C7H16O3/c1-3-7(2,10)4-6(9)5-8/h6,8-10H,3-5H2,1-2H3. The second-order valence-corrected chi connectivity index (χ2v) is 2.89. The molecule has 0 amide bonds. The van der Waals surface area contributed by atoms with Crippen LogP contribution in [0, 0.1) is 0 Å². The van der Waals surface area contributed by atoms with E-state index >= 15 is 0 Å². The summed E-state index contributed by atoms with van der Waals surface area (Å²) in [6.07, 6.45) is 0.0271. The highest BCUT2D eigenvalue weighted by Crippen LogP contribution is 2.15. The van der Waals surface area contributed by atoms with E-state index in [4.69, 9.17) is 10.2 Å². The normalized spacial score (nSPS) is 20.1. The van der Waals surface area contributed by atoms with Crippen molar-refractivity contribution in [3.63, 3.8) is 0 Å². The van der Waals surface area contributed by atoms with Crippen molar-refractivity contribution in [2.75, 3.05) is 6.61 Å². The van der Waals surface area contributed by atoms with Crippen LogP contribution in [0.4, 0.5) is 0 Å². The van der Waals surface area contributed by atoms with Crippen molar-refractivity contribution < 1.29 is 15.3 Å². The average Bonchev–Trinajstić information content (AvgIpc) is 1.87. The van der Waals surface area contributed by atoms with Gasteiger partial charge < -0.3 is 15.3 Å². The minimum atomic E-state index is -0.845. The molecule has 0 fully saturated rings. The van der Waals surface area contributed by atoms with Gasteiger partial charge >= 0.3 is 0 Å². The minimum absolute atomic E-state index is 0.236. The maximum atomic E-state index is 9.35. The summed E-state index contributed by atoms with van der Waals surface area (Å²) in [5.74, 6) is 0. The molecule has 3 heteroatoms. The lowest BCUT2D eigenvalue weighted by atomic mass is 9.96. The average molecular weight is 148 g/mol. The topological polar surface area (TPSA) is 60.7 Å². The van der Waals surface area contributed by atoms with Crippen molar-refractivity contribution in [3.8, 4) is 0 Å². The third-order valence-electron chi connectivity index (χ3n) is 1.65. The molecule has 3 N–H and O–H groups in total. The van der Waals surface area contributed by atoms with Gasteiger partial charge in [0.05, 0.1) is 18.3 Å². The number of aliphatic hydroxyl groups excluding tert-OH is 2. The Bertz CT molecular complexity index is 90.9. The molecule has 3 nitrogen and oxygen atoms in total. The quantitative estimate of drug-likeness (QED) is 0.521. The number of aliphatic hydroxyl groups is 3. The fraction of sp³-hybridized carbons (Fsp3) is 1.00. The molecule has 0 aliphatic carbocycles. The summed E-state index contributed by atoms with van der Waals surface area (Å²) in [6.45, 7) is 3.20. The summed E-state index contributed by atoms with van der Waals surface area (Å²) < 4.78 is 0. The molecule has 0 aromatic carbocycles. The SMILES string of the molecule is CCC(C)(O)CC(O)CO. The maximum Gasteiger partial charge on any atom is 0.0798 e. The highest BCUT2D eigenvalue weighted by atomic mass is 16.3. The van der Waals surface area contributed by atoms with Crippen molar-refractivity contribution >= 4 is 0 Å². The molecule has 2 unspecified atom stereocenters. The first-order chi connectivity index (χ1) is 4.52. The van der Waals surface area contributed by atoms with E-state index < -0.39 is 11.7 Å². The van der Waals surface area contributed by atoms with Crippen LogP contribution in [-0.4, -0.2) is 33.6 Å². The van der Waals surface area contributed by atoms with E-state index in [2.05, 4.69) is 0 Å². The highest BCUT2D eigenvalue weighted by molar-refractivity contribution is 4.73. The van der Waals surface area contributed by atoms with Crippen LogP contribution in [0.15, 0.2) is 0 Å². The molecule has 0 rings (SSSR count). The summed E-state index contributed by atoms with van der Waals surface area (Å²) >= 11 is 0. The van der Waals surface area contributed by atoms with Gasteiger partial charge in [0.2, 0.25) is 0 Å². The molecule has 62 valence electrons. The van der Waals surface area contributed by atoms with Crippen molar-refractivity contribution in [2.24, 2.45) is 0 Å². The van der Waals surface area contributed by atoms with Gasteiger partial charge in [-0.25, -0.2) is 0 Å². The second kappa shape index (κ2) is 3.91. The lowest BCUT2D eigenvalue weighted by molar-refractivity contribution is -0.0164. The Balaban J connectivity index is 3.64. The van der Waals surface area contributed by atoms with Gasteiger partial charge in [0.1, 0.15) is 0 Å². The van der Waals surface area contributed by atoms with Gasteiger partial charge in [-0.05, 0) is 13.3 Å². The van der Waals surface area contributed by atoms with Crippen LogP contribution in [0.2, 0.25) is 0 Å². The molecule has 0 radical (unpaired) electrons. The molecule has 0 saturated heterocycles. The van der Waals surface area contributed by atoms with E-state index in [9.17, 15) is 5.11 Å². The summed E-state index contributed by atoms with van der Waals surface area (Å²) in [4.78, 5) is 0. The molecular weight excluding hydrogens is 132 g/mol. The van der Waals surface area contributed by atoms with Gasteiger partial charge in [-0.15, -0.1) is 0 Å². The van der Waals surface area contributed by atoms with Crippen LogP contribution < -0.4 is 0 Å². The van der Waals surface area contributed by atoms with Crippen LogP contribution >= 0.6 is 0 Å². The fourth-order valence-corrected chi connectivity index (χ4v) is 0.716. The first-order valence-electron chi connectivity index (χ1n) is 3.53. The number of rotatable bonds is 4. The molecule has 0 heterocycles. The van der Waals surface area contributed by atoms with Crippen LogP contribution in [0.3, 0.4) is 0 Å². The summed E-state index contributed by atoms with van der Waals surface area (Å²) in [6, 6.07) is 0. The van der Waals surface area contributed by atoms with Gasteiger partial charge in [0.15, 0.2) is 0 Å². The Labute approximate surface area is 61.3 Å². The Hall–Kier alpha value is -0.120. The molecule has 0 bridgehead atoms. The lowest BCUT2D eigenvalue weighted by Crippen LogP contribution is -2.30. The minimum Gasteiger partial charge on any atom is -0.394 e. The van der Waals surface area contributed by atoms with Crippen LogP contribution in [-0.2, 0) is 0 Å². The Kier molecular flexibility index (Phi) is 3.86. The van der Waals surface area contributed by atoms with Crippen LogP contribution in [0.5, 0.6) is 0 Å². The summed E-state index contributed by atoms with van der Waals surface area (Å²) in [5.41, 5.74) is -0.845. The van der Waals surface area contributed by atoms with Gasteiger partial charge in [-0.3, -0.25) is 0 Å². The second-order valence-electron chi connectivity index (χ2n) is 2.89. The summed E-state index contributed by atoms with van der Waals surface area (Å²) in [5, 5.41) is 26.7. The van der Waals surface area contributed by atoms with E-state index in [1.807, 2.05) is 6.92 Å². The van der Waals surface area contributed by atoms with Gasteiger partial charge in [0.25, 0.3) is 0 Å². The number of hydrogen-bond donors (Lipinski definition) is 3. The van der Waals surface area contributed by atoms with E-state index in [1.54, 1.807) is 6.92 Å². The molecule has 0 aliphatic rings. The van der Waals surface area contributed by atoms with Gasteiger partial charge in [-0.1, -0.05) is 6.92 Å². The molecule has 0 aliphatic heterocycles. The van der Waals surface area contributed by atoms with E-state index in [1.165, 1.54) is 0 Å². The largest absolute Gasteiger partial charge is 0.394 e. The number of hydrogen-bond acceptors (Lipinski definition) is 3. The maximum absolute atomic E-state index is 9.35. The monoisotopic (exact) mass is 148 g/mol. The fourth-order valence-electron chi connectivity index (χ4n) is 0.716. The Morgan fingerprint density at radius 2 is 2.00 bits per heavy atom. The predicted molar refractivity (Wildman–Crippen MR) is 38.6 cm³/mol. The zero-order chi connectivity index (χ0) is 8.20. The van der Waals surface area contributed by atoms with Gasteiger partial charge in [0, 0.05) is 6.42 Å². The van der Waals surface area contributed by atoms with Crippen LogP contribution in [0.1, 0.15) is 26.7 Å². The first kappa shape index (κ1) is 9.88. The van der Waals surface area contributed by atoms with Gasteiger partial charge in [-0.2, -0.15) is 0 Å². The van der Waals surface area contributed by atoms with E-state index in [0.717, 1.165) is 0 Å². The Morgan fingerprint density at radius 3 is 2.30 bits per heavy atom. The van der Waals surface area contributed by atoms with Crippen LogP contribution in [0.25, 0.3) is 0 Å². The first-order valence-corrected chi connectivity index (χ1v) is 3.53. The smallest absolute Gasteiger partial charge is 0.0798 e. The zero-order valence-corrected chi connectivity index (χ0v) is 6.54. The third kappa shape index (κ3) is 3.82. The van der Waals surface area contributed by atoms with Crippen molar-refractivity contribution in [1.29, 1.82) is 0 Å². The molecule has 0 aromatic rings. The highest BCUT2D eigenvalue weighted by Gasteiger charge is 2.21. The van der Waals surface area contributed by atoms with Crippen molar-refractivity contribution in [3.05, 3.63) is 0 Å². The third-order valence-corrected chi connectivity index (χ3v) is 1.65. The zero-order valence-electron chi connectivity index (χ0n) is 6.54. The van der Waals surface area contributed by atoms with Crippen molar-refractivity contribution in [1.82, 2.24) is 0 Å². The molecule has 10 heavy (non-hydrogen) atoms. The summed E-state index contributed by atoms with van der Waals surface area (Å²) in [7, 11) is 0. The van der Waals surface area contributed by atoms with E-state index in [0.29, 0.717) is 6.42 Å². The predicted octanol–water partition coefficient (Wildman–Crippen LogP) is -0.109. The molecule has 0 spiro atoms. The molecule has 2 atom stereocenters. The molecular formula is C7H16O3. The Morgan fingerprint density at radius 1 is 1.50 bits per heavy atom. The molecule has 0 saturated carbocycles. The lowest BCUT2D eigenvalue weighted by Gasteiger charge is -2.23. The van der Waals surface area contributed by atoms with E-state index in [-0.39, 0.29) is 13.0 Å².